The van der Waals surface area contributed by atoms with Crippen LogP contribution in [0.25, 0.3) is 6.08 Å². The minimum Gasteiger partial charge on any atom is -0.286 e. The number of carbonyl (C=O) groups is 1. The molecule has 1 saturated heterocycles. The number of rotatable bonds is 3. The summed E-state index contributed by atoms with van der Waals surface area (Å²) in [6.07, 6.45) is 1.75. The largest absolute Gasteiger partial charge is 0.286 e. The Morgan fingerprint density at radius 3 is 2.43 bits per heavy atom. The molecular formula is C18H14FNOS2. The first kappa shape index (κ1) is 15.9. The van der Waals surface area contributed by atoms with Gasteiger partial charge < -0.3 is 0 Å². The third-order valence-electron chi connectivity index (χ3n) is 3.66. The first-order valence-electron chi connectivity index (χ1n) is 7.14. The van der Waals surface area contributed by atoms with Crippen LogP contribution in [0.5, 0.6) is 0 Å². The summed E-state index contributed by atoms with van der Waals surface area (Å²) in [5, 5.41) is 0. The molecule has 0 radical (unpaired) electrons. The molecule has 0 unspecified atom stereocenters. The second-order valence-corrected chi connectivity index (χ2v) is 6.87. The van der Waals surface area contributed by atoms with E-state index in [4.69, 9.17) is 12.2 Å². The number of nitrogens with zero attached hydrogens (tertiary/aromatic N) is 1. The van der Waals surface area contributed by atoms with Crippen molar-refractivity contribution in [2.24, 2.45) is 0 Å². The molecule has 1 aliphatic heterocycles. The van der Waals surface area contributed by atoms with E-state index < -0.39 is 0 Å². The maximum absolute atomic E-state index is 13.0. The molecule has 0 N–H and O–H groups in total. The molecule has 0 aliphatic carbocycles. The molecule has 1 fully saturated rings. The van der Waals surface area contributed by atoms with Gasteiger partial charge in [0.15, 0.2) is 0 Å². The predicted octanol–water partition coefficient (Wildman–Crippen LogP) is 4.79. The van der Waals surface area contributed by atoms with E-state index in [9.17, 15) is 9.18 Å². The van der Waals surface area contributed by atoms with Gasteiger partial charge in [-0.15, -0.1) is 0 Å². The highest BCUT2D eigenvalue weighted by molar-refractivity contribution is 8.26. The minimum absolute atomic E-state index is 0.110. The van der Waals surface area contributed by atoms with E-state index in [2.05, 4.69) is 0 Å². The summed E-state index contributed by atoms with van der Waals surface area (Å²) in [4.78, 5) is 14.9. The van der Waals surface area contributed by atoms with E-state index in [0.29, 0.717) is 9.23 Å². The number of hydrogen-bond acceptors (Lipinski definition) is 3. The molecule has 1 amide bonds. The van der Waals surface area contributed by atoms with E-state index in [1.165, 1.54) is 23.9 Å². The summed E-state index contributed by atoms with van der Waals surface area (Å²) < 4.78 is 13.5. The molecule has 2 aromatic rings. The topological polar surface area (TPSA) is 20.3 Å². The summed E-state index contributed by atoms with van der Waals surface area (Å²) in [6.45, 7) is 1.96. The van der Waals surface area contributed by atoms with Crippen molar-refractivity contribution in [2.45, 2.75) is 13.0 Å². The van der Waals surface area contributed by atoms with Crippen molar-refractivity contribution in [2.75, 3.05) is 0 Å². The van der Waals surface area contributed by atoms with Gasteiger partial charge in [-0.3, -0.25) is 9.69 Å². The Kier molecular flexibility index (Phi) is 4.59. The van der Waals surface area contributed by atoms with Crippen LogP contribution in [0.4, 0.5) is 4.39 Å². The SMILES string of the molecule is C[C@H](c1ccccc1)N1C(=O)/C(=C/c2ccc(F)cc2)SC1=S. The second kappa shape index (κ2) is 6.64. The zero-order valence-electron chi connectivity index (χ0n) is 12.4. The van der Waals surface area contributed by atoms with Crippen LogP contribution in [-0.2, 0) is 4.79 Å². The summed E-state index contributed by atoms with van der Waals surface area (Å²) in [6, 6.07) is 15.7. The summed E-state index contributed by atoms with van der Waals surface area (Å²) in [7, 11) is 0. The maximum atomic E-state index is 13.0. The molecule has 1 heterocycles. The molecule has 2 aromatic carbocycles. The fourth-order valence-corrected chi connectivity index (χ4v) is 3.82. The van der Waals surface area contributed by atoms with Crippen molar-refractivity contribution < 1.29 is 9.18 Å². The molecule has 0 bridgehead atoms. The standard InChI is InChI=1S/C18H14FNOS2/c1-12(14-5-3-2-4-6-14)20-17(21)16(23-18(20)22)11-13-7-9-15(19)10-8-13/h2-12H,1H3/b16-11-/t12-/m1/s1. The van der Waals surface area contributed by atoms with E-state index in [1.54, 1.807) is 23.1 Å². The number of carbonyl (C=O) groups excluding carboxylic acids is 1. The van der Waals surface area contributed by atoms with Crippen molar-refractivity contribution in [3.63, 3.8) is 0 Å². The quantitative estimate of drug-likeness (QED) is 0.590. The lowest BCUT2D eigenvalue weighted by Gasteiger charge is -2.23. The molecule has 0 aromatic heterocycles. The van der Waals surface area contributed by atoms with Gasteiger partial charge in [0.2, 0.25) is 0 Å². The van der Waals surface area contributed by atoms with E-state index >= 15 is 0 Å². The Labute approximate surface area is 144 Å². The molecular weight excluding hydrogens is 329 g/mol. The van der Waals surface area contributed by atoms with Crippen LogP contribution in [0.3, 0.4) is 0 Å². The van der Waals surface area contributed by atoms with E-state index in [1.807, 2.05) is 37.3 Å². The Balaban J connectivity index is 1.86. The maximum Gasteiger partial charge on any atom is 0.266 e. The number of thiocarbonyl (C=S) groups is 1. The number of halogens is 1. The Hall–Kier alpha value is -1.98. The molecule has 116 valence electrons. The first-order valence-corrected chi connectivity index (χ1v) is 8.36. The highest BCUT2D eigenvalue weighted by Gasteiger charge is 2.35. The Morgan fingerprint density at radius 1 is 1.13 bits per heavy atom. The molecule has 3 rings (SSSR count). The normalized spacial score (nSPS) is 17.8. The van der Waals surface area contributed by atoms with Gasteiger partial charge in [-0.1, -0.05) is 66.4 Å². The van der Waals surface area contributed by atoms with Gasteiger partial charge in [0.25, 0.3) is 5.91 Å². The lowest BCUT2D eigenvalue weighted by molar-refractivity contribution is -0.123. The molecule has 0 spiro atoms. The second-order valence-electron chi connectivity index (χ2n) is 5.19. The predicted molar refractivity (Wildman–Crippen MR) is 96.3 cm³/mol. The average molecular weight is 343 g/mol. The van der Waals surface area contributed by atoms with Crippen molar-refractivity contribution in [3.8, 4) is 0 Å². The summed E-state index contributed by atoms with van der Waals surface area (Å²) in [5.74, 6) is -0.409. The van der Waals surface area contributed by atoms with Gasteiger partial charge in [-0.25, -0.2) is 4.39 Å². The molecule has 23 heavy (non-hydrogen) atoms. The van der Waals surface area contributed by atoms with Crippen molar-refractivity contribution in [1.82, 2.24) is 4.90 Å². The van der Waals surface area contributed by atoms with Crippen LogP contribution in [0, 0.1) is 5.82 Å². The lowest BCUT2D eigenvalue weighted by Crippen LogP contribution is -2.30. The molecule has 1 atom stereocenters. The Morgan fingerprint density at radius 2 is 1.78 bits per heavy atom. The van der Waals surface area contributed by atoms with E-state index in [-0.39, 0.29) is 17.8 Å². The van der Waals surface area contributed by atoms with Crippen LogP contribution in [-0.4, -0.2) is 15.1 Å². The van der Waals surface area contributed by atoms with Gasteiger partial charge >= 0.3 is 0 Å². The highest BCUT2D eigenvalue weighted by Crippen LogP contribution is 2.37. The van der Waals surface area contributed by atoms with Gasteiger partial charge in [-0.2, -0.15) is 0 Å². The first-order chi connectivity index (χ1) is 11.1. The number of thioether (sulfide) groups is 1. The lowest BCUT2D eigenvalue weighted by atomic mass is 10.1. The van der Waals surface area contributed by atoms with Crippen LogP contribution in [0.1, 0.15) is 24.1 Å². The summed E-state index contributed by atoms with van der Waals surface area (Å²) >= 11 is 6.65. The van der Waals surface area contributed by atoms with Gasteiger partial charge in [0.05, 0.1) is 10.9 Å². The Bertz CT molecular complexity index is 771. The van der Waals surface area contributed by atoms with E-state index in [0.717, 1.165) is 11.1 Å². The van der Waals surface area contributed by atoms with Crippen molar-refractivity contribution in [3.05, 3.63) is 76.4 Å². The summed E-state index contributed by atoms with van der Waals surface area (Å²) in [5.41, 5.74) is 1.81. The molecule has 1 aliphatic rings. The van der Waals surface area contributed by atoms with Crippen LogP contribution in [0.15, 0.2) is 59.5 Å². The van der Waals surface area contributed by atoms with Gasteiger partial charge in [0.1, 0.15) is 10.1 Å². The molecule has 5 heteroatoms. The van der Waals surface area contributed by atoms with Gasteiger partial charge in [-0.05, 0) is 36.3 Å². The highest BCUT2D eigenvalue weighted by atomic mass is 32.2. The smallest absolute Gasteiger partial charge is 0.266 e. The molecule has 2 nitrogen and oxygen atoms in total. The monoisotopic (exact) mass is 343 g/mol. The number of hydrogen-bond donors (Lipinski definition) is 0. The van der Waals surface area contributed by atoms with Crippen LogP contribution in [0.2, 0.25) is 0 Å². The molecule has 0 saturated carbocycles. The van der Waals surface area contributed by atoms with Crippen LogP contribution >= 0.6 is 24.0 Å². The van der Waals surface area contributed by atoms with Crippen molar-refractivity contribution >= 4 is 40.3 Å². The third-order valence-corrected chi connectivity index (χ3v) is 4.99. The average Bonchev–Trinajstić information content (AvgIpc) is 2.84. The zero-order chi connectivity index (χ0) is 16.4. The van der Waals surface area contributed by atoms with Gasteiger partial charge in [0, 0.05) is 0 Å². The number of amides is 1. The zero-order valence-corrected chi connectivity index (χ0v) is 14.0. The fraction of sp³-hybridized carbons (Fsp3) is 0.111. The minimum atomic E-state index is -0.299. The van der Waals surface area contributed by atoms with Crippen molar-refractivity contribution in [1.29, 1.82) is 0 Å². The number of benzene rings is 2. The van der Waals surface area contributed by atoms with Crippen LogP contribution < -0.4 is 0 Å². The third kappa shape index (κ3) is 3.35. The fourth-order valence-electron chi connectivity index (χ4n) is 2.40.